The summed E-state index contributed by atoms with van der Waals surface area (Å²) in [7, 11) is -3.60. The van der Waals surface area contributed by atoms with Gasteiger partial charge in [-0.15, -0.1) is 12.4 Å². The van der Waals surface area contributed by atoms with Crippen molar-refractivity contribution in [2.75, 3.05) is 13.1 Å². The number of rotatable bonds is 4. The first-order valence-electron chi connectivity index (χ1n) is 7.78. The molecule has 0 amide bonds. The highest BCUT2D eigenvalue weighted by Gasteiger charge is 2.39. The second-order valence-corrected chi connectivity index (χ2v) is 7.80. The Hall–Kier alpha value is -1.41. The van der Waals surface area contributed by atoms with Crippen LogP contribution in [-0.2, 0) is 16.6 Å². The molecular weight excluding hydrogens is 348 g/mol. The highest BCUT2D eigenvalue weighted by molar-refractivity contribution is 7.89. The van der Waals surface area contributed by atoms with Gasteiger partial charge in [0, 0.05) is 37.8 Å². The molecule has 2 aromatic rings. The third-order valence-corrected chi connectivity index (χ3v) is 6.16. The number of aryl methyl sites for hydroxylation is 2. The standard InChI is InChI=1S/C16H22N4O2S.ClH/c1-3-19-11-16(18-12(19)2)23(21,22)20-9-14(15(17)10-20)13-7-5-4-6-8-13;/h4-8,11,14-15H,3,9-10,17H2,1-2H3;1H/t14-,15+;/m0./s1. The summed E-state index contributed by atoms with van der Waals surface area (Å²) in [6.07, 6.45) is 1.60. The van der Waals surface area contributed by atoms with E-state index in [0.29, 0.717) is 25.5 Å². The average molecular weight is 371 g/mol. The molecule has 0 bridgehead atoms. The Morgan fingerprint density at radius 2 is 1.92 bits per heavy atom. The van der Waals surface area contributed by atoms with Crippen molar-refractivity contribution in [3.63, 3.8) is 0 Å². The number of aromatic nitrogens is 2. The molecule has 0 radical (unpaired) electrons. The Bertz CT molecular complexity index is 792. The summed E-state index contributed by atoms with van der Waals surface area (Å²) in [4.78, 5) is 4.21. The average Bonchev–Trinajstić information content (AvgIpc) is 3.12. The molecule has 0 spiro atoms. The van der Waals surface area contributed by atoms with Crippen molar-refractivity contribution in [2.24, 2.45) is 5.73 Å². The molecule has 3 rings (SSSR count). The lowest BCUT2D eigenvalue weighted by atomic mass is 9.95. The van der Waals surface area contributed by atoms with Gasteiger partial charge in [0.1, 0.15) is 5.82 Å². The minimum Gasteiger partial charge on any atom is -0.334 e. The molecule has 1 aromatic heterocycles. The summed E-state index contributed by atoms with van der Waals surface area (Å²) in [6.45, 7) is 5.18. The van der Waals surface area contributed by atoms with Gasteiger partial charge in [0.05, 0.1) is 0 Å². The first-order valence-corrected chi connectivity index (χ1v) is 9.22. The van der Waals surface area contributed by atoms with E-state index in [2.05, 4.69) is 4.98 Å². The minimum atomic E-state index is -3.60. The molecule has 132 valence electrons. The number of halogens is 1. The van der Waals surface area contributed by atoms with E-state index in [1.54, 1.807) is 6.20 Å². The lowest BCUT2D eigenvalue weighted by Crippen LogP contribution is -2.32. The Kier molecular flexibility index (Phi) is 5.70. The van der Waals surface area contributed by atoms with Gasteiger partial charge in [0.15, 0.2) is 5.03 Å². The fourth-order valence-electron chi connectivity index (χ4n) is 3.10. The summed E-state index contributed by atoms with van der Waals surface area (Å²) in [6, 6.07) is 9.63. The van der Waals surface area contributed by atoms with Gasteiger partial charge in [0.2, 0.25) is 0 Å². The van der Waals surface area contributed by atoms with Gasteiger partial charge in [-0.3, -0.25) is 0 Å². The van der Waals surface area contributed by atoms with E-state index in [9.17, 15) is 8.42 Å². The summed E-state index contributed by atoms with van der Waals surface area (Å²) >= 11 is 0. The largest absolute Gasteiger partial charge is 0.334 e. The van der Waals surface area contributed by atoms with Gasteiger partial charge in [-0.1, -0.05) is 30.3 Å². The molecule has 24 heavy (non-hydrogen) atoms. The smallest absolute Gasteiger partial charge is 0.262 e. The molecule has 6 nitrogen and oxygen atoms in total. The number of nitrogens with zero attached hydrogens (tertiary/aromatic N) is 3. The highest BCUT2D eigenvalue weighted by Crippen LogP contribution is 2.30. The first-order chi connectivity index (χ1) is 10.9. The predicted octanol–water partition coefficient (Wildman–Crippen LogP) is 1.75. The molecule has 1 aliphatic rings. The number of benzene rings is 1. The van der Waals surface area contributed by atoms with E-state index in [4.69, 9.17) is 5.73 Å². The Labute approximate surface area is 149 Å². The maximum absolute atomic E-state index is 12.8. The first kappa shape index (κ1) is 18.9. The topological polar surface area (TPSA) is 81.2 Å². The lowest BCUT2D eigenvalue weighted by molar-refractivity contribution is 0.467. The summed E-state index contributed by atoms with van der Waals surface area (Å²) in [5.41, 5.74) is 7.28. The Balaban J connectivity index is 0.00000208. The van der Waals surface area contributed by atoms with Crippen molar-refractivity contribution in [2.45, 2.75) is 37.4 Å². The molecule has 1 aromatic carbocycles. The van der Waals surface area contributed by atoms with Crippen LogP contribution in [0.15, 0.2) is 41.6 Å². The van der Waals surface area contributed by atoms with Crippen LogP contribution in [0.2, 0.25) is 0 Å². The molecule has 0 aliphatic carbocycles. The summed E-state index contributed by atoms with van der Waals surface area (Å²) < 4.78 is 29.0. The molecule has 1 aliphatic heterocycles. The molecule has 0 saturated carbocycles. The molecule has 0 unspecified atom stereocenters. The quantitative estimate of drug-likeness (QED) is 0.888. The zero-order valence-corrected chi connectivity index (χ0v) is 15.4. The second-order valence-electron chi connectivity index (χ2n) is 5.92. The van der Waals surface area contributed by atoms with Crippen LogP contribution >= 0.6 is 12.4 Å². The van der Waals surface area contributed by atoms with E-state index in [1.807, 2.05) is 48.7 Å². The Morgan fingerprint density at radius 1 is 1.25 bits per heavy atom. The van der Waals surface area contributed by atoms with Crippen LogP contribution in [0.3, 0.4) is 0 Å². The third kappa shape index (κ3) is 3.35. The van der Waals surface area contributed by atoms with Crippen LogP contribution in [0, 0.1) is 6.92 Å². The van der Waals surface area contributed by atoms with Crippen LogP contribution < -0.4 is 5.73 Å². The van der Waals surface area contributed by atoms with Gasteiger partial charge in [-0.05, 0) is 19.4 Å². The van der Waals surface area contributed by atoms with Gasteiger partial charge < -0.3 is 10.3 Å². The lowest BCUT2D eigenvalue weighted by Gasteiger charge is -2.15. The normalized spacial score (nSPS) is 21.6. The van der Waals surface area contributed by atoms with Crippen molar-refractivity contribution in [1.82, 2.24) is 13.9 Å². The number of hydrogen-bond donors (Lipinski definition) is 1. The fraction of sp³-hybridized carbons (Fsp3) is 0.438. The van der Waals surface area contributed by atoms with Crippen molar-refractivity contribution in [1.29, 1.82) is 0 Å². The molecule has 2 heterocycles. The monoisotopic (exact) mass is 370 g/mol. The second kappa shape index (κ2) is 7.23. The number of imidazole rings is 1. The molecule has 8 heteroatoms. The zero-order valence-electron chi connectivity index (χ0n) is 13.8. The minimum absolute atomic E-state index is 0. The molecule has 2 N–H and O–H groups in total. The zero-order chi connectivity index (χ0) is 16.6. The van der Waals surface area contributed by atoms with Crippen LogP contribution in [0.4, 0.5) is 0 Å². The van der Waals surface area contributed by atoms with Crippen LogP contribution in [0.5, 0.6) is 0 Å². The van der Waals surface area contributed by atoms with E-state index in [1.165, 1.54) is 4.31 Å². The van der Waals surface area contributed by atoms with Gasteiger partial charge in [-0.2, -0.15) is 4.31 Å². The van der Waals surface area contributed by atoms with Gasteiger partial charge in [-0.25, -0.2) is 13.4 Å². The van der Waals surface area contributed by atoms with Crippen molar-refractivity contribution in [3.05, 3.63) is 47.9 Å². The maximum Gasteiger partial charge on any atom is 0.262 e. The van der Waals surface area contributed by atoms with Gasteiger partial charge in [0.25, 0.3) is 10.0 Å². The maximum atomic E-state index is 12.8. The summed E-state index contributed by atoms with van der Waals surface area (Å²) in [5.74, 6) is 0.717. The fourth-order valence-corrected chi connectivity index (χ4v) is 4.59. The van der Waals surface area contributed by atoms with E-state index >= 15 is 0 Å². The van der Waals surface area contributed by atoms with Crippen LogP contribution in [0.1, 0.15) is 24.2 Å². The Morgan fingerprint density at radius 3 is 2.50 bits per heavy atom. The SMILES string of the molecule is CCn1cc(S(=O)(=O)N2C[C@@H](N)[C@H](c3ccccc3)C2)nc1C.Cl. The van der Waals surface area contributed by atoms with E-state index in [0.717, 1.165) is 5.56 Å². The van der Waals surface area contributed by atoms with Crippen LogP contribution in [0.25, 0.3) is 0 Å². The van der Waals surface area contributed by atoms with Crippen molar-refractivity contribution >= 4 is 22.4 Å². The van der Waals surface area contributed by atoms with E-state index in [-0.39, 0.29) is 29.4 Å². The van der Waals surface area contributed by atoms with Gasteiger partial charge >= 0.3 is 0 Å². The summed E-state index contributed by atoms with van der Waals surface area (Å²) in [5, 5.41) is 0.109. The van der Waals surface area contributed by atoms with Crippen LogP contribution in [-0.4, -0.2) is 41.4 Å². The number of hydrogen-bond acceptors (Lipinski definition) is 4. The molecule has 1 fully saturated rings. The third-order valence-electron chi connectivity index (χ3n) is 4.46. The molecular formula is C16H23ClN4O2S. The van der Waals surface area contributed by atoms with Crippen molar-refractivity contribution in [3.8, 4) is 0 Å². The molecule has 2 atom stereocenters. The highest BCUT2D eigenvalue weighted by atomic mass is 35.5. The number of sulfonamides is 1. The predicted molar refractivity (Wildman–Crippen MR) is 95.8 cm³/mol. The van der Waals surface area contributed by atoms with E-state index < -0.39 is 10.0 Å². The van der Waals surface area contributed by atoms with Crippen molar-refractivity contribution < 1.29 is 8.42 Å². The molecule has 1 saturated heterocycles. The number of nitrogens with two attached hydrogens (primary N) is 1.